The maximum absolute atomic E-state index is 2.43. The van der Waals surface area contributed by atoms with Gasteiger partial charge >= 0.3 is 0 Å². The molecule has 0 aromatic carbocycles. The smallest absolute Gasteiger partial charge is 0.0461 e. The molecule has 4 fully saturated rings. The molecule has 3 heteroatoms. The molecule has 0 aliphatic heterocycles. The Hall–Kier alpha value is 0.909. The summed E-state index contributed by atoms with van der Waals surface area (Å²) in [6.45, 7) is 0. The molecule has 0 saturated heterocycles. The molecule has 0 aromatic rings. The SMILES string of the molecule is CN(C)[C]1[CH][CH][CH][CH]1.[CH]1[CH][CH][C](P(C2CCCCC2)C2CCCCC2)[CH]1.[Fe]. The van der Waals surface area contributed by atoms with Crippen molar-refractivity contribution in [2.75, 3.05) is 14.1 Å². The van der Waals surface area contributed by atoms with E-state index in [4.69, 9.17) is 0 Å². The van der Waals surface area contributed by atoms with Gasteiger partial charge in [0.05, 0.1) is 0 Å². The monoisotopic (exact) mass is 425 g/mol. The Balaban J connectivity index is 0.000000247. The van der Waals surface area contributed by atoms with E-state index in [-0.39, 0.29) is 25.0 Å². The largest absolute Gasteiger partial charge is 0.301 e. The summed E-state index contributed by atoms with van der Waals surface area (Å²) in [5.74, 6) is 0. The number of hydrogen-bond acceptors (Lipinski definition) is 1. The molecule has 4 aliphatic carbocycles. The van der Waals surface area contributed by atoms with Gasteiger partial charge in [0.25, 0.3) is 0 Å². The number of rotatable bonds is 4. The first-order chi connectivity index (χ1) is 12.8. The minimum Gasteiger partial charge on any atom is -0.301 e. The van der Waals surface area contributed by atoms with Crippen LogP contribution in [0.15, 0.2) is 0 Å². The summed E-state index contributed by atoms with van der Waals surface area (Å²) in [6.07, 6.45) is 32.7. The van der Waals surface area contributed by atoms with Gasteiger partial charge in [0.15, 0.2) is 0 Å². The molecule has 10 radical (unpaired) electrons. The van der Waals surface area contributed by atoms with E-state index < -0.39 is 0 Å². The van der Waals surface area contributed by atoms with Crippen LogP contribution in [0.3, 0.4) is 0 Å². The molecule has 0 amide bonds. The minimum atomic E-state index is 0. The van der Waals surface area contributed by atoms with Crippen molar-refractivity contribution >= 4 is 7.92 Å². The van der Waals surface area contributed by atoms with Gasteiger partial charge in [0, 0.05) is 28.8 Å². The van der Waals surface area contributed by atoms with Crippen LogP contribution in [0.25, 0.3) is 0 Å². The molecule has 4 aliphatic rings. The van der Waals surface area contributed by atoms with Crippen molar-refractivity contribution in [3.05, 3.63) is 63.1 Å². The first-order valence-electron chi connectivity index (χ1n) is 10.6. The van der Waals surface area contributed by atoms with Gasteiger partial charge in [-0.25, -0.2) is 0 Å². The van der Waals surface area contributed by atoms with Gasteiger partial charge in [-0.3, -0.25) is 0 Å². The van der Waals surface area contributed by atoms with Crippen LogP contribution in [-0.4, -0.2) is 30.3 Å². The maximum atomic E-state index is 2.43. The fourth-order valence-electron chi connectivity index (χ4n) is 4.64. The molecule has 4 rings (SSSR count). The number of nitrogens with zero attached hydrogens (tertiary/aromatic N) is 1. The Bertz CT molecular complexity index is 347. The normalized spacial score (nSPS) is 26.2. The molecule has 0 unspecified atom stereocenters. The minimum absolute atomic E-state index is 0. The van der Waals surface area contributed by atoms with Crippen molar-refractivity contribution in [1.82, 2.24) is 4.90 Å². The average Bonchev–Trinajstić information content (AvgIpc) is 3.39. The molecular formula is C24H36FeNP. The van der Waals surface area contributed by atoms with Crippen LogP contribution in [0, 0.1) is 63.1 Å². The molecular weight excluding hydrogens is 389 g/mol. The van der Waals surface area contributed by atoms with E-state index in [1.165, 1.54) is 70.3 Å². The second kappa shape index (κ2) is 13.3. The Morgan fingerprint density at radius 1 is 0.667 bits per heavy atom. The van der Waals surface area contributed by atoms with Crippen LogP contribution in [-0.2, 0) is 17.1 Å². The molecule has 27 heavy (non-hydrogen) atoms. The third-order valence-corrected chi connectivity index (χ3v) is 9.54. The van der Waals surface area contributed by atoms with Crippen molar-refractivity contribution in [1.29, 1.82) is 0 Å². The van der Waals surface area contributed by atoms with Crippen molar-refractivity contribution in [3.8, 4) is 0 Å². The van der Waals surface area contributed by atoms with E-state index in [1.54, 1.807) is 5.66 Å². The third-order valence-electron chi connectivity index (χ3n) is 6.04. The second-order valence-corrected chi connectivity index (χ2v) is 11.0. The van der Waals surface area contributed by atoms with Crippen LogP contribution < -0.4 is 0 Å². The predicted molar refractivity (Wildman–Crippen MR) is 115 cm³/mol. The van der Waals surface area contributed by atoms with Gasteiger partial charge in [0.1, 0.15) is 0 Å². The Kier molecular flexibility index (Phi) is 11.9. The van der Waals surface area contributed by atoms with Gasteiger partial charge in [-0.05, 0) is 102 Å². The molecule has 150 valence electrons. The van der Waals surface area contributed by atoms with Crippen molar-refractivity contribution in [2.45, 2.75) is 75.5 Å². The number of hydrogen-bond donors (Lipinski definition) is 0. The van der Waals surface area contributed by atoms with E-state index in [0.717, 1.165) is 11.3 Å². The summed E-state index contributed by atoms with van der Waals surface area (Å²) in [5.41, 5.74) is 3.84. The first kappa shape index (κ1) is 24.2. The third kappa shape index (κ3) is 7.59. The van der Waals surface area contributed by atoms with Gasteiger partial charge in [-0.2, -0.15) is 0 Å². The summed E-state index contributed by atoms with van der Waals surface area (Å²) < 4.78 is 0. The quantitative estimate of drug-likeness (QED) is 0.372. The van der Waals surface area contributed by atoms with Crippen LogP contribution in [0.4, 0.5) is 0 Å². The fraction of sp³-hybridized carbons (Fsp3) is 0.583. The Morgan fingerprint density at radius 2 is 1.07 bits per heavy atom. The summed E-state index contributed by atoms with van der Waals surface area (Å²) >= 11 is 0. The zero-order chi connectivity index (χ0) is 18.2. The topological polar surface area (TPSA) is 3.24 Å². The van der Waals surface area contributed by atoms with Gasteiger partial charge in [-0.15, -0.1) is 0 Å². The molecule has 0 bridgehead atoms. The molecule has 0 N–H and O–H groups in total. The Morgan fingerprint density at radius 3 is 1.44 bits per heavy atom. The van der Waals surface area contributed by atoms with Crippen LogP contribution in [0.2, 0.25) is 0 Å². The van der Waals surface area contributed by atoms with Crippen molar-refractivity contribution in [3.63, 3.8) is 0 Å². The molecule has 0 aromatic heterocycles. The van der Waals surface area contributed by atoms with E-state index in [2.05, 4.69) is 43.4 Å². The van der Waals surface area contributed by atoms with Crippen LogP contribution >= 0.6 is 7.92 Å². The van der Waals surface area contributed by atoms with E-state index in [1.807, 2.05) is 26.9 Å². The van der Waals surface area contributed by atoms with Gasteiger partial charge < -0.3 is 4.90 Å². The molecule has 0 atom stereocenters. The maximum Gasteiger partial charge on any atom is 0.0461 e. The molecule has 0 heterocycles. The second-order valence-electron chi connectivity index (χ2n) is 8.17. The molecule has 0 spiro atoms. The zero-order valence-electron chi connectivity index (χ0n) is 17.1. The average molecular weight is 425 g/mol. The van der Waals surface area contributed by atoms with Gasteiger partial charge in [-0.1, -0.05) is 46.4 Å². The van der Waals surface area contributed by atoms with Crippen LogP contribution in [0.1, 0.15) is 64.2 Å². The Labute approximate surface area is 182 Å². The van der Waals surface area contributed by atoms with Crippen LogP contribution in [0.5, 0.6) is 0 Å². The van der Waals surface area contributed by atoms with Crippen molar-refractivity contribution < 1.29 is 17.1 Å². The predicted octanol–water partition coefficient (Wildman–Crippen LogP) is 6.40. The van der Waals surface area contributed by atoms with E-state index >= 15 is 0 Å². The first-order valence-corrected chi connectivity index (χ1v) is 12.1. The fourth-order valence-corrected chi connectivity index (χ4v) is 8.44. The zero-order valence-corrected chi connectivity index (χ0v) is 19.1. The van der Waals surface area contributed by atoms with Gasteiger partial charge in [0.2, 0.25) is 0 Å². The summed E-state index contributed by atoms with van der Waals surface area (Å²) in [5, 5.41) is 0. The van der Waals surface area contributed by atoms with E-state index in [9.17, 15) is 0 Å². The van der Waals surface area contributed by atoms with E-state index in [0.29, 0.717) is 0 Å². The summed E-state index contributed by atoms with van der Waals surface area (Å²) in [7, 11) is 4.22. The molecule has 1 nitrogen and oxygen atoms in total. The molecule has 4 saturated carbocycles. The standard InChI is InChI=1S/C17H26P.C7H10N.Fe/c1-3-9-15(10-4-1)18(17-13-7-8-14-17)16-11-5-2-6-12-16;1-8(2)7-5-3-4-6-7;/h7-8,13-16H,1-6,9-12H2;3-6H,1-2H3;. The summed E-state index contributed by atoms with van der Waals surface area (Å²) in [6, 6.07) is 1.27. The summed E-state index contributed by atoms with van der Waals surface area (Å²) in [4.78, 5) is 2.08. The van der Waals surface area contributed by atoms with Crippen molar-refractivity contribution in [2.24, 2.45) is 0 Å².